The van der Waals surface area contributed by atoms with Gasteiger partial charge in [-0.15, -0.1) is 0 Å². The third kappa shape index (κ3) is 6.37. The van der Waals surface area contributed by atoms with Crippen molar-refractivity contribution >= 4 is 17.7 Å². The monoisotopic (exact) mass is 694 g/mol. The second-order valence-electron chi connectivity index (χ2n) is 14.0. The molecule has 0 radical (unpaired) electrons. The van der Waals surface area contributed by atoms with Gasteiger partial charge >= 0.3 is 0 Å². The van der Waals surface area contributed by atoms with E-state index in [1.807, 2.05) is 6.92 Å². The summed E-state index contributed by atoms with van der Waals surface area (Å²) in [5, 5.41) is 29.0. The van der Waals surface area contributed by atoms with E-state index in [1.165, 1.54) is 0 Å². The van der Waals surface area contributed by atoms with Crippen molar-refractivity contribution in [1.29, 1.82) is 0 Å². The highest BCUT2D eigenvalue weighted by Gasteiger charge is 2.58. The van der Waals surface area contributed by atoms with Crippen LogP contribution in [0, 0.1) is 22.2 Å². The molecule has 3 aromatic heterocycles. The van der Waals surface area contributed by atoms with Crippen molar-refractivity contribution in [2.45, 2.75) is 51.6 Å². The van der Waals surface area contributed by atoms with Gasteiger partial charge in [-0.25, -0.2) is 0 Å². The summed E-state index contributed by atoms with van der Waals surface area (Å²) in [4.78, 5) is 77.0. The molecule has 2 aliphatic carbocycles. The predicted octanol–water partition coefficient (Wildman–Crippen LogP) is 1.23. The summed E-state index contributed by atoms with van der Waals surface area (Å²) in [5.41, 5.74) is 2.09. The quantitative estimate of drug-likeness (QED) is 0.204. The fourth-order valence-corrected chi connectivity index (χ4v) is 8.01. The van der Waals surface area contributed by atoms with E-state index in [2.05, 4.69) is 16.0 Å². The number of carbonyl (C=O) groups excluding carboxylic acids is 3. The summed E-state index contributed by atoms with van der Waals surface area (Å²) >= 11 is 0. The van der Waals surface area contributed by atoms with E-state index in [0.717, 1.165) is 37.0 Å². The summed E-state index contributed by atoms with van der Waals surface area (Å²) in [6.45, 7) is 2.42. The molecule has 4 heterocycles. The van der Waals surface area contributed by atoms with Gasteiger partial charge in [-0.1, -0.05) is 6.92 Å². The third-order valence-corrected chi connectivity index (χ3v) is 10.5. The van der Waals surface area contributed by atoms with Crippen molar-refractivity contribution in [1.82, 2.24) is 16.0 Å². The molecule has 0 saturated heterocycles. The van der Waals surface area contributed by atoms with Crippen molar-refractivity contribution in [2.75, 3.05) is 26.2 Å². The first-order valence-corrected chi connectivity index (χ1v) is 16.2. The number of fused-ring (bicyclic) bond motifs is 5. The predicted molar refractivity (Wildman–Crippen MR) is 173 cm³/mol. The normalized spacial score (nSPS) is 27.4. The number of carbonyl (C=O) groups is 3. The first kappa shape index (κ1) is 34.5. The van der Waals surface area contributed by atoms with Gasteiger partial charge in [0, 0.05) is 49.2 Å². The molecule has 2 saturated carbocycles. The highest BCUT2D eigenvalue weighted by Crippen LogP contribution is 2.59. The van der Waals surface area contributed by atoms with Gasteiger partial charge in [0.25, 0.3) is 17.7 Å². The lowest BCUT2D eigenvalue weighted by atomic mass is 9.68. The molecule has 0 spiro atoms. The molecular formula is C34H38N4O12. The molecule has 2 fully saturated rings. The lowest BCUT2D eigenvalue weighted by Gasteiger charge is -2.43. The summed E-state index contributed by atoms with van der Waals surface area (Å²) in [6.07, 6.45) is 5.05. The van der Waals surface area contributed by atoms with Crippen molar-refractivity contribution in [3.63, 3.8) is 0 Å². The van der Waals surface area contributed by atoms with Crippen LogP contribution in [0.15, 0.2) is 64.6 Å². The maximum Gasteiger partial charge on any atom is 0.291 e. The molecule has 266 valence electrons. The first-order chi connectivity index (χ1) is 23.8. The molecule has 3 aliphatic rings. The number of amides is 3. The fourth-order valence-electron chi connectivity index (χ4n) is 8.01. The van der Waals surface area contributed by atoms with Crippen LogP contribution in [-0.2, 0) is 0 Å². The van der Waals surface area contributed by atoms with Crippen molar-refractivity contribution in [3.8, 4) is 17.2 Å². The topological polar surface area (TPSA) is 254 Å². The van der Waals surface area contributed by atoms with Gasteiger partial charge in [0.15, 0.2) is 0 Å². The van der Waals surface area contributed by atoms with E-state index in [4.69, 9.17) is 23.7 Å². The molecule has 16 heteroatoms. The number of hydrogen-bond acceptors (Lipinski definition) is 13. The average molecular weight is 695 g/mol. The highest BCUT2D eigenvalue weighted by atomic mass is 16.5. The standard InChI is InChI=1S/C34H38N4O12/c1-32(15-35)6-2-18-12-36-31(46)27-24(21(41)5-11-49-27)50-28(18)34(17-38-30(45)26-23(43)20(40)4-10-48-26)8-7-33(13-32,14-34)16-37-29(44)25-22(42)19(39)3-9-47-25/h3-5,9-11,18,28,42-43H,2,6-8,12-17,35H2,1H3,(H,36,46)(H,37,44)(H,38,45)/t18-,28?,32-,33+,34?/m0/s1. The Labute approximate surface area is 284 Å². The summed E-state index contributed by atoms with van der Waals surface area (Å²) < 4.78 is 22.4. The minimum Gasteiger partial charge on any atom is -0.501 e. The summed E-state index contributed by atoms with van der Waals surface area (Å²) in [6, 6.07) is 3.11. The van der Waals surface area contributed by atoms with Crippen LogP contribution in [0.2, 0.25) is 0 Å². The molecule has 5 atom stereocenters. The van der Waals surface area contributed by atoms with E-state index in [9.17, 15) is 39.0 Å². The van der Waals surface area contributed by atoms with E-state index < -0.39 is 85.3 Å². The SMILES string of the molecule is C[C@]1(CN)CC[C@H]2CNC(=O)c3occc(=O)c3OC2C2(CNC(=O)c3occc(=O)c3O)CC[C@](CNC(=O)c3occc(=O)c3O)(C2)C1. The van der Waals surface area contributed by atoms with Crippen LogP contribution in [0.3, 0.4) is 0 Å². The van der Waals surface area contributed by atoms with Crippen molar-refractivity contribution in [3.05, 3.63) is 84.9 Å². The van der Waals surface area contributed by atoms with Crippen LogP contribution in [0.25, 0.3) is 0 Å². The minimum absolute atomic E-state index is 0.0519. The van der Waals surface area contributed by atoms with Crippen LogP contribution in [0.4, 0.5) is 0 Å². The Morgan fingerprint density at radius 3 is 2.10 bits per heavy atom. The fraction of sp³-hybridized carbons (Fsp3) is 0.471. The largest absolute Gasteiger partial charge is 0.501 e. The Morgan fingerprint density at radius 1 is 0.860 bits per heavy atom. The van der Waals surface area contributed by atoms with E-state index >= 15 is 0 Å². The molecule has 7 N–H and O–H groups in total. The molecule has 16 nitrogen and oxygen atoms in total. The zero-order valence-electron chi connectivity index (χ0n) is 27.2. The Morgan fingerprint density at radius 2 is 1.46 bits per heavy atom. The van der Waals surface area contributed by atoms with Gasteiger partial charge in [0.05, 0.1) is 18.8 Å². The molecule has 2 unspecified atom stereocenters. The van der Waals surface area contributed by atoms with Gasteiger partial charge in [-0.2, -0.15) is 0 Å². The average Bonchev–Trinajstić information content (AvgIpc) is 3.47. The second kappa shape index (κ2) is 13.2. The van der Waals surface area contributed by atoms with Gasteiger partial charge in [-0.05, 0) is 55.9 Å². The van der Waals surface area contributed by atoms with Gasteiger partial charge in [0.2, 0.25) is 50.8 Å². The molecule has 3 amide bonds. The number of aromatic hydroxyl groups is 2. The minimum atomic E-state index is -0.974. The van der Waals surface area contributed by atoms with Crippen LogP contribution in [0.5, 0.6) is 17.2 Å². The van der Waals surface area contributed by atoms with Gasteiger partial charge in [0.1, 0.15) is 6.10 Å². The molecule has 3 aromatic rings. The van der Waals surface area contributed by atoms with E-state index in [-0.39, 0.29) is 37.7 Å². The van der Waals surface area contributed by atoms with Crippen molar-refractivity contribution < 1.29 is 42.6 Å². The smallest absolute Gasteiger partial charge is 0.291 e. The zero-order chi connectivity index (χ0) is 35.8. The molecule has 50 heavy (non-hydrogen) atoms. The zero-order valence-corrected chi connectivity index (χ0v) is 27.2. The summed E-state index contributed by atoms with van der Waals surface area (Å²) in [7, 11) is 0. The van der Waals surface area contributed by atoms with Gasteiger partial charge < -0.3 is 49.9 Å². The first-order valence-electron chi connectivity index (χ1n) is 16.2. The van der Waals surface area contributed by atoms with Crippen LogP contribution in [0.1, 0.15) is 77.1 Å². The lowest BCUT2D eigenvalue weighted by molar-refractivity contribution is -0.00898. The van der Waals surface area contributed by atoms with Crippen LogP contribution >= 0.6 is 0 Å². The number of hydrogen-bond donors (Lipinski definition) is 6. The number of rotatable bonds is 7. The van der Waals surface area contributed by atoms with Crippen LogP contribution in [-0.4, -0.2) is 60.2 Å². The maximum absolute atomic E-state index is 13.4. The van der Waals surface area contributed by atoms with Gasteiger partial charge in [-0.3, -0.25) is 28.8 Å². The Hall–Kier alpha value is -5.38. The number of ether oxygens (including phenoxy) is 1. The lowest BCUT2D eigenvalue weighted by Crippen LogP contribution is -2.54. The van der Waals surface area contributed by atoms with E-state index in [1.54, 1.807) is 0 Å². The molecule has 2 bridgehead atoms. The number of nitrogens with two attached hydrogens (primary N) is 1. The Kier molecular flexibility index (Phi) is 9.07. The molecule has 0 aromatic carbocycles. The molecule has 1 aliphatic heterocycles. The Balaban J connectivity index is 1.43. The molecule has 6 rings (SSSR count). The maximum atomic E-state index is 13.4. The second-order valence-corrected chi connectivity index (χ2v) is 14.0. The third-order valence-electron chi connectivity index (χ3n) is 10.5. The molecular weight excluding hydrogens is 656 g/mol. The van der Waals surface area contributed by atoms with Crippen LogP contribution < -0.4 is 42.7 Å². The van der Waals surface area contributed by atoms with Crippen molar-refractivity contribution in [2.24, 2.45) is 27.9 Å². The Bertz CT molecular complexity index is 2000. The summed E-state index contributed by atoms with van der Waals surface area (Å²) in [5.74, 6) is -6.06. The van der Waals surface area contributed by atoms with E-state index in [0.29, 0.717) is 38.5 Å². The highest BCUT2D eigenvalue weighted by molar-refractivity contribution is 5.95. The number of nitrogens with one attached hydrogen (secondary N) is 3.